The number of hydrogen-bond acceptors (Lipinski definition) is 2. The molecule has 0 saturated heterocycles. The molecule has 4 heteroatoms. The van der Waals surface area contributed by atoms with Crippen LogP contribution in [0.5, 0.6) is 0 Å². The highest BCUT2D eigenvalue weighted by Gasteiger charge is 2.00. The van der Waals surface area contributed by atoms with Crippen molar-refractivity contribution in [2.75, 3.05) is 11.9 Å². The highest BCUT2D eigenvalue weighted by Crippen LogP contribution is 2.11. The second-order valence-corrected chi connectivity index (χ2v) is 4.53. The fourth-order valence-electron chi connectivity index (χ4n) is 0.761. The third kappa shape index (κ3) is 8.53. The van der Waals surface area contributed by atoms with E-state index in [9.17, 15) is 4.79 Å². The molecular formula is C8H14Br2O2. The normalized spacial score (nSPS) is 12.6. The molecule has 0 aromatic rings. The molecule has 0 radical (unpaired) electrons. The lowest BCUT2D eigenvalue weighted by atomic mass is 10.2. The fourth-order valence-corrected chi connectivity index (χ4v) is 1.41. The summed E-state index contributed by atoms with van der Waals surface area (Å²) in [5.74, 6) is -0.189. The molecule has 0 fully saturated rings. The maximum atomic E-state index is 10.4. The number of alkyl halides is 2. The van der Waals surface area contributed by atoms with Crippen molar-refractivity contribution in [3.63, 3.8) is 0 Å². The first-order valence-corrected chi connectivity index (χ1v) is 6.04. The van der Waals surface area contributed by atoms with Crippen molar-refractivity contribution in [2.24, 2.45) is 0 Å². The van der Waals surface area contributed by atoms with Crippen molar-refractivity contribution in [2.45, 2.75) is 31.0 Å². The first kappa shape index (κ1) is 12.4. The number of carbonyl (C=O) groups is 1. The third-order valence-corrected chi connectivity index (χ3v) is 3.82. The minimum absolute atomic E-state index is 0.189. The second kappa shape index (κ2) is 8.05. The molecule has 0 aromatic heterocycles. The molecule has 0 bridgehead atoms. The zero-order chi connectivity index (χ0) is 9.40. The lowest BCUT2D eigenvalue weighted by molar-refractivity contribution is -0.141. The molecule has 1 unspecified atom stereocenters. The minimum Gasteiger partial charge on any atom is -0.466 e. The van der Waals surface area contributed by atoms with E-state index in [1.165, 1.54) is 6.92 Å². The quantitative estimate of drug-likeness (QED) is 0.428. The maximum absolute atomic E-state index is 10.4. The van der Waals surface area contributed by atoms with Gasteiger partial charge in [0.2, 0.25) is 0 Å². The molecule has 0 aromatic carbocycles. The molecule has 0 saturated carbocycles. The second-order valence-electron chi connectivity index (χ2n) is 2.59. The van der Waals surface area contributed by atoms with Gasteiger partial charge in [-0.05, 0) is 19.3 Å². The maximum Gasteiger partial charge on any atom is 0.302 e. The van der Waals surface area contributed by atoms with Crippen LogP contribution in [-0.4, -0.2) is 22.7 Å². The smallest absolute Gasteiger partial charge is 0.302 e. The number of halogens is 2. The monoisotopic (exact) mass is 300 g/mol. The molecule has 0 heterocycles. The summed E-state index contributed by atoms with van der Waals surface area (Å²) in [6, 6.07) is 0. The summed E-state index contributed by atoms with van der Waals surface area (Å²) < 4.78 is 4.79. The van der Waals surface area contributed by atoms with E-state index in [1.54, 1.807) is 0 Å². The topological polar surface area (TPSA) is 26.3 Å². The number of rotatable bonds is 6. The van der Waals surface area contributed by atoms with E-state index in [4.69, 9.17) is 4.74 Å². The summed E-state index contributed by atoms with van der Waals surface area (Å²) in [6.07, 6.45) is 3.16. The Balaban J connectivity index is 3.05. The van der Waals surface area contributed by atoms with E-state index in [1.807, 2.05) is 0 Å². The zero-order valence-corrected chi connectivity index (χ0v) is 10.4. The van der Waals surface area contributed by atoms with E-state index < -0.39 is 0 Å². The molecule has 0 aliphatic carbocycles. The molecule has 12 heavy (non-hydrogen) atoms. The van der Waals surface area contributed by atoms with Gasteiger partial charge in [-0.2, -0.15) is 0 Å². The predicted molar refractivity (Wildman–Crippen MR) is 57.0 cm³/mol. The van der Waals surface area contributed by atoms with Crippen LogP contribution in [0.25, 0.3) is 0 Å². The summed E-state index contributed by atoms with van der Waals surface area (Å²) >= 11 is 6.88. The van der Waals surface area contributed by atoms with E-state index in [-0.39, 0.29) is 5.97 Å². The van der Waals surface area contributed by atoms with Crippen LogP contribution in [0.3, 0.4) is 0 Å². The molecule has 72 valence electrons. The van der Waals surface area contributed by atoms with Crippen molar-refractivity contribution in [3.8, 4) is 0 Å². The Morgan fingerprint density at radius 1 is 1.50 bits per heavy atom. The van der Waals surface area contributed by atoms with Crippen molar-refractivity contribution in [3.05, 3.63) is 0 Å². The molecule has 0 aliphatic heterocycles. The zero-order valence-electron chi connectivity index (χ0n) is 7.19. The van der Waals surface area contributed by atoms with Crippen LogP contribution in [0.15, 0.2) is 0 Å². The molecule has 0 spiro atoms. The average Bonchev–Trinajstić information content (AvgIpc) is 2.03. The van der Waals surface area contributed by atoms with Gasteiger partial charge >= 0.3 is 5.97 Å². The van der Waals surface area contributed by atoms with Gasteiger partial charge in [0.25, 0.3) is 0 Å². The number of unbranched alkanes of at least 4 members (excludes halogenated alkanes) is 1. The summed E-state index contributed by atoms with van der Waals surface area (Å²) in [5, 5.41) is 0.973. The standard InChI is InChI=1S/C8H14Br2O2/c1-7(11)12-5-3-2-4-8(10)6-9/h8H,2-6H2,1H3. The van der Waals surface area contributed by atoms with Crippen LogP contribution in [0, 0.1) is 0 Å². The Morgan fingerprint density at radius 3 is 2.67 bits per heavy atom. The molecule has 2 nitrogen and oxygen atoms in total. The van der Waals surface area contributed by atoms with Gasteiger partial charge in [0.1, 0.15) is 0 Å². The first-order valence-electron chi connectivity index (χ1n) is 4.00. The Bertz CT molecular complexity index is 128. The number of ether oxygens (including phenoxy) is 1. The lowest BCUT2D eigenvalue weighted by Gasteiger charge is -2.05. The molecule has 1 atom stereocenters. The van der Waals surface area contributed by atoms with Crippen LogP contribution in [0.2, 0.25) is 0 Å². The van der Waals surface area contributed by atoms with E-state index in [0.29, 0.717) is 11.4 Å². The lowest BCUT2D eigenvalue weighted by Crippen LogP contribution is -2.03. The van der Waals surface area contributed by atoms with Crippen molar-refractivity contribution >= 4 is 37.8 Å². The van der Waals surface area contributed by atoms with Crippen molar-refractivity contribution < 1.29 is 9.53 Å². The van der Waals surface area contributed by atoms with Crippen molar-refractivity contribution in [1.82, 2.24) is 0 Å². The Morgan fingerprint density at radius 2 is 2.17 bits per heavy atom. The van der Waals surface area contributed by atoms with Crippen LogP contribution in [0.1, 0.15) is 26.2 Å². The molecule has 0 amide bonds. The first-order chi connectivity index (χ1) is 5.66. The van der Waals surface area contributed by atoms with E-state index in [0.717, 1.165) is 24.6 Å². The predicted octanol–water partition coefficient (Wildman–Crippen LogP) is 2.88. The SMILES string of the molecule is CC(=O)OCCCCC(Br)CBr. The molecule has 0 N–H and O–H groups in total. The van der Waals surface area contributed by atoms with Crippen LogP contribution >= 0.6 is 31.9 Å². The van der Waals surface area contributed by atoms with Crippen LogP contribution in [-0.2, 0) is 9.53 Å². The largest absolute Gasteiger partial charge is 0.466 e. The van der Waals surface area contributed by atoms with Gasteiger partial charge in [0.15, 0.2) is 0 Å². The van der Waals surface area contributed by atoms with Gasteiger partial charge in [0, 0.05) is 17.1 Å². The number of hydrogen-bond donors (Lipinski definition) is 0. The fraction of sp³-hybridized carbons (Fsp3) is 0.875. The van der Waals surface area contributed by atoms with E-state index in [2.05, 4.69) is 31.9 Å². The molecular weight excluding hydrogens is 288 g/mol. The average molecular weight is 302 g/mol. The number of esters is 1. The van der Waals surface area contributed by atoms with Crippen LogP contribution in [0.4, 0.5) is 0 Å². The minimum atomic E-state index is -0.189. The Kier molecular flexibility index (Phi) is 8.34. The van der Waals surface area contributed by atoms with Crippen LogP contribution < -0.4 is 0 Å². The van der Waals surface area contributed by atoms with Gasteiger partial charge in [0.05, 0.1) is 6.61 Å². The molecule has 0 aliphatic rings. The summed E-state index contributed by atoms with van der Waals surface area (Å²) in [7, 11) is 0. The highest BCUT2D eigenvalue weighted by molar-refractivity contribution is 9.12. The highest BCUT2D eigenvalue weighted by atomic mass is 79.9. The van der Waals surface area contributed by atoms with Gasteiger partial charge in [-0.3, -0.25) is 4.79 Å². The van der Waals surface area contributed by atoms with Gasteiger partial charge in [-0.1, -0.05) is 31.9 Å². The Hall–Kier alpha value is 0.430. The van der Waals surface area contributed by atoms with Gasteiger partial charge in [-0.15, -0.1) is 0 Å². The summed E-state index contributed by atoms with van der Waals surface area (Å²) in [5.41, 5.74) is 0. The Labute approximate surface area is 90.3 Å². The summed E-state index contributed by atoms with van der Waals surface area (Å²) in [4.78, 5) is 10.9. The van der Waals surface area contributed by atoms with Gasteiger partial charge < -0.3 is 4.74 Å². The van der Waals surface area contributed by atoms with E-state index >= 15 is 0 Å². The van der Waals surface area contributed by atoms with Gasteiger partial charge in [-0.25, -0.2) is 0 Å². The molecule has 0 rings (SSSR count). The third-order valence-electron chi connectivity index (χ3n) is 1.38. The van der Waals surface area contributed by atoms with Crippen molar-refractivity contribution in [1.29, 1.82) is 0 Å². The number of carbonyl (C=O) groups excluding carboxylic acids is 1. The summed E-state index contributed by atoms with van der Waals surface area (Å²) in [6.45, 7) is 1.99.